The maximum Gasteiger partial charge on any atom is 0.255 e. The minimum atomic E-state index is -0.792. The van der Waals surface area contributed by atoms with Gasteiger partial charge in [0.05, 0.1) is 12.6 Å². The Morgan fingerprint density at radius 1 is 0.982 bits per heavy atom. The van der Waals surface area contributed by atoms with Gasteiger partial charge in [-0.25, -0.2) is 0 Å². The predicted octanol–water partition coefficient (Wildman–Crippen LogP) is 3.26. The lowest BCUT2D eigenvalue weighted by molar-refractivity contribution is -0.148. The van der Waals surface area contributed by atoms with Crippen LogP contribution in [0.25, 0.3) is 10.8 Å². The van der Waals surface area contributed by atoms with E-state index in [4.69, 9.17) is 10.5 Å². The first-order chi connectivity index (χ1) is 27.3. The molecule has 4 N–H and O–H groups in total. The molecule has 6 amide bonds. The van der Waals surface area contributed by atoms with Gasteiger partial charge in [0.25, 0.3) is 5.91 Å². The molecule has 3 aromatic rings. The van der Waals surface area contributed by atoms with Gasteiger partial charge < -0.3 is 30.5 Å². The number of hydrogen-bond donors (Lipinski definition) is 3. The average Bonchev–Trinajstić information content (AvgIpc) is 3.93. The Morgan fingerprint density at radius 3 is 2.54 bits per heavy atom. The molecule has 0 saturated carbocycles. The molecule has 0 aromatic heterocycles. The molecule has 3 aromatic carbocycles. The summed E-state index contributed by atoms with van der Waals surface area (Å²) in [7, 11) is 0. The summed E-state index contributed by atoms with van der Waals surface area (Å²) >= 11 is 0. The van der Waals surface area contributed by atoms with E-state index >= 15 is 0 Å². The summed E-state index contributed by atoms with van der Waals surface area (Å²) in [4.78, 5) is 83.6. The number of amides is 6. The largest absolute Gasteiger partial charge is 0.488 e. The molecule has 4 heterocycles. The van der Waals surface area contributed by atoms with Crippen LogP contribution >= 0.6 is 0 Å². The fourth-order valence-electron chi connectivity index (χ4n) is 8.20. The number of nitrogens with one attached hydrogen (secondary N) is 2. The Bertz CT molecular complexity index is 2170. The number of fused-ring (bicyclic) bond motifs is 2. The molecule has 4 aliphatic heterocycles. The van der Waals surface area contributed by atoms with Gasteiger partial charge in [0.2, 0.25) is 29.5 Å². The smallest absolute Gasteiger partial charge is 0.255 e. The third-order valence-electron chi connectivity index (χ3n) is 11.5. The molecule has 7 rings (SSSR count). The number of rotatable bonds is 9. The SMILES string of the molecule is CC(C)(C)[C@H](N)C(=O)N1CCC[C@H]1C(=O)N1C[C@@H](Oc2ccc3ccccc3c2)C[C@H]1C(=O)NCCCC#Cc1cccc2c1CN(C1CCC(=O)NC1=O)C2=O. The first kappa shape index (κ1) is 39.5. The van der Waals surface area contributed by atoms with Crippen molar-refractivity contribution in [3.8, 4) is 17.6 Å². The van der Waals surface area contributed by atoms with E-state index in [2.05, 4.69) is 22.5 Å². The molecule has 3 saturated heterocycles. The van der Waals surface area contributed by atoms with Crippen molar-refractivity contribution in [2.24, 2.45) is 11.1 Å². The van der Waals surface area contributed by atoms with E-state index in [1.165, 1.54) is 4.90 Å². The van der Waals surface area contributed by atoms with Crippen molar-refractivity contribution in [1.29, 1.82) is 0 Å². The van der Waals surface area contributed by atoms with Gasteiger partial charge in [0.1, 0.15) is 30.0 Å². The summed E-state index contributed by atoms with van der Waals surface area (Å²) in [6.45, 7) is 6.89. The van der Waals surface area contributed by atoms with Crippen LogP contribution in [0.4, 0.5) is 0 Å². The number of unbranched alkanes of at least 4 members (excludes halogenated alkanes) is 1. The van der Waals surface area contributed by atoms with E-state index in [1.807, 2.05) is 69.3 Å². The molecular formula is C44H50N6O7. The van der Waals surface area contributed by atoms with Crippen molar-refractivity contribution in [1.82, 2.24) is 25.3 Å². The van der Waals surface area contributed by atoms with Gasteiger partial charge in [0, 0.05) is 50.0 Å². The van der Waals surface area contributed by atoms with Crippen LogP contribution in [0, 0.1) is 17.3 Å². The molecule has 0 aliphatic carbocycles. The molecule has 0 bridgehead atoms. The second kappa shape index (κ2) is 16.4. The second-order valence-electron chi connectivity index (χ2n) is 16.5. The minimum Gasteiger partial charge on any atom is -0.488 e. The number of hydrogen-bond acceptors (Lipinski definition) is 8. The number of carbonyl (C=O) groups is 6. The third-order valence-corrected chi connectivity index (χ3v) is 11.5. The summed E-state index contributed by atoms with van der Waals surface area (Å²) in [5.41, 5.74) is 7.82. The van der Waals surface area contributed by atoms with E-state index in [0.717, 1.165) is 16.3 Å². The van der Waals surface area contributed by atoms with E-state index in [9.17, 15) is 28.8 Å². The van der Waals surface area contributed by atoms with E-state index in [0.29, 0.717) is 62.1 Å². The molecule has 57 heavy (non-hydrogen) atoms. The number of ether oxygens (including phenoxy) is 1. The quantitative estimate of drug-likeness (QED) is 0.169. The number of imide groups is 1. The second-order valence-corrected chi connectivity index (χ2v) is 16.5. The lowest BCUT2D eigenvalue weighted by Gasteiger charge is -2.34. The lowest BCUT2D eigenvalue weighted by atomic mass is 9.86. The molecule has 4 aliphatic rings. The van der Waals surface area contributed by atoms with Crippen molar-refractivity contribution < 1.29 is 33.5 Å². The highest BCUT2D eigenvalue weighted by molar-refractivity contribution is 6.05. The predicted molar refractivity (Wildman–Crippen MR) is 212 cm³/mol. The molecular weight excluding hydrogens is 725 g/mol. The standard InChI is InChI=1S/C44H50N6O7/c1-44(2,3)38(45)43(56)48-22-10-16-35(48)42(55)49-25-31(57-30-18-17-27-11-6-7-13-29(27)23-30)24-36(49)39(52)46-21-8-4-5-12-28-14-9-15-32-33(28)26-50(41(32)54)34-19-20-37(51)47-40(34)53/h6-7,9,11,13-15,17-18,23,31,34-36,38H,4,8,10,16,19-22,24-26,45H2,1-3H3,(H,46,52)(H,47,51,53)/t31-,34?,35-,36-,38+/m0/s1. The topological polar surface area (TPSA) is 171 Å². The van der Waals surface area contributed by atoms with Gasteiger partial charge in [-0.2, -0.15) is 0 Å². The first-order valence-corrected chi connectivity index (χ1v) is 19.9. The van der Waals surface area contributed by atoms with E-state index < -0.39 is 41.6 Å². The summed E-state index contributed by atoms with van der Waals surface area (Å²) in [6.07, 6.45) is 2.49. The van der Waals surface area contributed by atoms with E-state index in [1.54, 1.807) is 21.9 Å². The van der Waals surface area contributed by atoms with Gasteiger partial charge in [0.15, 0.2) is 0 Å². The van der Waals surface area contributed by atoms with Gasteiger partial charge in [-0.05, 0) is 71.7 Å². The van der Waals surface area contributed by atoms with Crippen molar-refractivity contribution in [3.63, 3.8) is 0 Å². The van der Waals surface area contributed by atoms with Crippen LogP contribution in [0.15, 0.2) is 60.7 Å². The van der Waals surface area contributed by atoms with Crippen LogP contribution in [-0.4, -0.2) is 100 Å². The van der Waals surface area contributed by atoms with Crippen LogP contribution in [0.2, 0.25) is 0 Å². The van der Waals surface area contributed by atoms with E-state index in [-0.39, 0.29) is 55.5 Å². The van der Waals surface area contributed by atoms with Crippen molar-refractivity contribution >= 4 is 46.2 Å². The molecule has 298 valence electrons. The summed E-state index contributed by atoms with van der Waals surface area (Å²) in [5, 5.41) is 7.43. The Labute approximate surface area is 332 Å². The summed E-state index contributed by atoms with van der Waals surface area (Å²) < 4.78 is 6.40. The first-order valence-electron chi connectivity index (χ1n) is 19.9. The van der Waals surface area contributed by atoms with Gasteiger partial charge >= 0.3 is 0 Å². The molecule has 5 atom stereocenters. The number of nitrogens with two attached hydrogens (primary N) is 1. The maximum absolute atomic E-state index is 14.3. The summed E-state index contributed by atoms with van der Waals surface area (Å²) in [5.74, 6) is 5.09. The lowest BCUT2D eigenvalue weighted by Crippen LogP contribution is -2.57. The normalized spacial score (nSPS) is 22.5. The molecule has 0 spiro atoms. The van der Waals surface area contributed by atoms with Crippen LogP contribution in [0.1, 0.15) is 87.2 Å². The molecule has 13 heteroatoms. The highest BCUT2D eigenvalue weighted by Crippen LogP contribution is 2.32. The van der Waals surface area contributed by atoms with Crippen molar-refractivity contribution in [2.45, 2.75) is 103 Å². The molecule has 1 unspecified atom stereocenters. The maximum atomic E-state index is 14.3. The van der Waals surface area contributed by atoms with Gasteiger partial charge in [-0.1, -0.05) is 69.0 Å². The Kier molecular flexibility index (Phi) is 11.4. The monoisotopic (exact) mass is 774 g/mol. The molecule has 3 fully saturated rings. The molecule has 0 radical (unpaired) electrons. The Hall–Kier alpha value is -5.74. The fraction of sp³-hybridized carbons (Fsp3) is 0.455. The van der Waals surface area contributed by atoms with Crippen molar-refractivity contribution in [3.05, 3.63) is 77.4 Å². The highest BCUT2D eigenvalue weighted by atomic mass is 16.5. The zero-order valence-corrected chi connectivity index (χ0v) is 32.7. The molecule has 13 nitrogen and oxygen atoms in total. The zero-order chi connectivity index (χ0) is 40.4. The van der Waals surface area contributed by atoms with Crippen molar-refractivity contribution in [2.75, 3.05) is 19.6 Å². The minimum absolute atomic E-state index is 0.182. The number of likely N-dealkylation sites (tertiary alicyclic amines) is 2. The van der Waals surface area contributed by atoms with Gasteiger partial charge in [-0.3, -0.25) is 34.1 Å². The number of nitrogens with zero attached hydrogens (tertiary/aromatic N) is 3. The average molecular weight is 775 g/mol. The Balaban J connectivity index is 0.995. The number of benzene rings is 3. The number of piperidine rings is 1. The van der Waals surface area contributed by atoms with Crippen LogP contribution < -0.4 is 21.1 Å². The van der Waals surface area contributed by atoms with Crippen LogP contribution in [0.3, 0.4) is 0 Å². The fourth-order valence-corrected chi connectivity index (χ4v) is 8.20. The number of carbonyl (C=O) groups excluding carboxylic acids is 6. The van der Waals surface area contributed by atoms with Gasteiger partial charge in [-0.15, -0.1) is 0 Å². The van der Waals surface area contributed by atoms with Crippen LogP contribution in [-0.2, 0) is 30.5 Å². The Morgan fingerprint density at radius 2 is 1.77 bits per heavy atom. The highest BCUT2D eigenvalue weighted by Gasteiger charge is 2.47. The summed E-state index contributed by atoms with van der Waals surface area (Å²) in [6, 6.07) is 16.2. The third kappa shape index (κ3) is 8.37. The van der Waals surface area contributed by atoms with Crippen LogP contribution in [0.5, 0.6) is 5.75 Å². The zero-order valence-electron chi connectivity index (χ0n) is 32.7.